The zero-order valence-electron chi connectivity index (χ0n) is 9.75. The standard InChI is InChI=1S/C12H18O3S2/c1-3-5-11(9-7-13-9)16-15-17-12(6-4-2)10-8-14-10/h3-4,9-12H,1-2,5-8H2. The van der Waals surface area contributed by atoms with Gasteiger partial charge in [-0.05, 0) is 12.8 Å². The summed E-state index contributed by atoms with van der Waals surface area (Å²) in [6, 6.07) is 0. The van der Waals surface area contributed by atoms with E-state index < -0.39 is 0 Å². The van der Waals surface area contributed by atoms with E-state index in [1.165, 1.54) is 24.1 Å². The van der Waals surface area contributed by atoms with Crippen molar-refractivity contribution in [1.29, 1.82) is 0 Å². The average Bonchev–Trinajstić information content (AvgIpc) is 3.19. The summed E-state index contributed by atoms with van der Waals surface area (Å²) in [6.07, 6.45) is 6.35. The van der Waals surface area contributed by atoms with Crippen LogP contribution in [0.3, 0.4) is 0 Å². The lowest BCUT2D eigenvalue weighted by Gasteiger charge is -2.14. The molecule has 3 nitrogen and oxygen atoms in total. The Hall–Kier alpha value is 0.0600. The predicted molar refractivity (Wildman–Crippen MR) is 73.0 cm³/mol. The van der Waals surface area contributed by atoms with Crippen LogP contribution in [0.25, 0.3) is 0 Å². The van der Waals surface area contributed by atoms with Crippen molar-refractivity contribution in [2.24, 2.45) is 0 Å². The van der Waals surface area contributed by atoms with Gasteiger partial charge in [0.25, 0.3) is 0 Å². The highest BCUT2D eigenvalue weighted by atomic mass is 32.2. The quantitative estimate of drug-likeness (QED) is 0.347. The summed E-state index contributed by atoms with van der Waals surface area (Å²) in [5.74, 6) is 0. The minimum atomic E-state index is 0.341. The smallest absolute Gasteiger partial charge is 0.0954 e. The maximum absolute atomic E-state index is 5.64. The summed E-state index contributed by atoms with van der Waals surface area (Å²) in [4.78, 5) is 0. The number of allylic oxidation sites excluding steroid dienone is 2. The van der Waals surface area contributed by atoms with Gasteiger partial charge in [-0.2, -0.15) is 0 Å². The molecule has 0 aromatic heterocycles. The van der Waals surface area contributed by atoms with Crippen molar-refractivity contribution in [1.82, 2.24) is 0 Å². The molecule has 4 atom stereocenters. The molecule has 96 valence electrons. The Morgan fingerprint density at radius 3 is 1.76 bits per heavy atom. The predicted octanol–water partition coefficient (Wildman–Crippen LogP) is 2.99. The van der Waals surface area contributed by atoms with E-state index in [1.807, 2.05) is 12.2 Å². The zero-order chi connectivity index (χ0) is 12.1. The van der Waals surface area contributed by atoms with Gasteiger partial charge in [-0.25, -0.2) is 3.63 Å². The second-order valence-corrected chi connectivity index (χ2v) is 6.27. The van der Waals surface area contributed by atoms with Crippen LogP contribution >= 0.6 is 24.1 Å². The van der Waals surface area contributed by atoms with Gasteiger partial charge in [-0.3, -0.25) is 0 Å². The Morgan fingerprint density at radius 2 is 1.47 bits per heavy atom. The van der Waals surface area contributed by atoms with Crippen LogP contribution < -0.4 is 0 Å². The third-order valence-corrected chi connectivity index (χ3v) is 4.79. The third kappa shape index (κ3) is 4.67. The molecular formula is C12H18O3S2. The first kappa shape index (κ1) is 13.5. The minimum absolute atomic E-state index is 0.341. The molecule has 17 heavy (non-hydrogen) atoms. The summed E-state index contributed by atoms with van der Waals surface area (Å²) in [5, 5.41) is 0.731. The fourth-order valence-electron chi connectivity index (χ4n) is 1.50. The van der Waals surface area contributed by atoms with E-state index in [4.69, 9.17) is 13.1 Å². The Kier molecular flexibility index (Phi) is 5.44. The van der Waals surface area contributed by atoms with Gasteiger partial charge in [0, 0.05) is 24.1 Å². The molecule has 0 N–H and O–H groups in total. The zero-order valence-corrected chi connectivity index (χ0v) is 11.4. The number of ether oxygens (including phenoxy) is 2. The monoisotopic (exact) mass is 274 g/mol. The van der Waals surface area contributed by atoms with E-state index in [0.29, 0.717) is 22.7 Å². The molecule has 2 rings (SSSR count). The molecule has 2 fully saturated rings. The summed E-state index contributed by atoms with van der Waals surface area (Å²) in [5.41, 5.74) is 0. The van der Waals surface area contributed by atoms with Crippen LogP contribution in [0.15, 0.2) is 25.3 Å². The van der Waals surface area contributed by atoms with Gasteiger partial charge in [-0.1, -0.05) is 12.2 Å². The Bertz CT molecular complexity index is 238. The molecule has 2 aliphatic rings. The van der Waals surface area contributed by atoms with Gasteiger partial charge in [0.1, 0.15) is 0 Å². The maximum Gasteiger partial charge on any atom is 0.0954 e. The lowest BCUT2D eigenvalue weighted by Crippen LogP contribution is -2.12. The second kappa shape index (κ2) is 6.85. The van der Waals surface area contributed by atoms with E-state index in [-0.39, 0.29) is 0 Å². The highest BCUT2D eigenvalue weighted by Gasteiger charge is 2.35. The number of hydrogen-bond acceptors (Lipinski definition) is 5. The molecule has 0 radical (unpaired) electrons. The molecule has 0 bridgehead atoms. The van der Waals surface area contributed by atoms with Gasteiger partial charge in [0.15, 0.2) is 0 Å². The first-order valence-corrected chi connectivity index (χ1v) is 7.40. The molecule has 5 heteroatoms. The van der Waals surface area contributed by atoms with Crippen LogP contribution in [-0.2, 0) is 13.1 Å². The van der Waals surface area contributed by atoms with E-state index in [2.05, 4.69) is 13.2 Å². The Labute approximate surface area is 111 Å². The third-order valence-electron chi connectivity index (χ3n) is 2.67. The first-order valence-electron chi connectivity index (χ1n) is 5.79. The second-order valence-electron chi connectivity index (χ2n) is 4.13. The molecule has 0 aromatic carbocycles. The molecule has 0 spiro atoms. The van der Waals surface area contributed by atoms with E-state index in [0.717, 1.165) is 26.1 Å². The van der Waals surface area contributed by atoms with Crippen molar-refractivity contribution in [2.45, 2.75) is 35.5 Å². The molecule has 0 aromatic rings. The molecule has 0 amide bonds. The topological polar surface area (TPSA) is 34.3 Å². The van der Waals surface area contributed by atoms with Crippen molar-refractivity contribution in [3.8, 4) is 0 Å². The largest absolute Gasteiger partial charge is 0.372 e. The highest BCUT2D eigenvalue weighted by Crippen LogP contribution is 2.36. The molecular weight excluding hydrogens is 256 g/mol. The minimum Gasteiger partial charge on any atom is -0.372 e. The maximum atomic E-state index is 5.64. The molecule has 0 saturated carbocycles. The Balaban J connectivity index is 1.65. The van der Waals surface area contributed by atoms with Crippen LogP contribution in [0.1, 0.15) is 12.8 Å². The number of hydrogen-bond donors (Lipinski definition) is 0. The van der Waals surface area contributed by atoms with Crippen LogP contribution in [-0.4, -0.2) is 35.9 Å². The van der Waals surface area contributed by atoms with Gasteiger partial charge >= 0.3 is 0 Å². The SMILES string of the molecule is C=CCC(SOSC(CC=C)C1CO1)C1CO1. The van der Waals surface area contributed by atoms with E-state index in [9.17, 15) is 0 Å². The van der Waals surface area contributed by atoms with Crippen LogP contribution in [0.5, 0.6) is 0 Å². The van der Waals surface area contributed by atoms with Crippen LogP contribution in [0.4, 0.5) is 0 Å². The van der Waals surface area contributed by atoms with Crippen LogP contribution in [0, 0.1) is 0 Å². The van der Waals surface area contributed by atoms with E-state index in [1.54, 1.807) is 0 Å². The number of rotatable bonds is 10. The first-order chi connectivity index (χ1) is 8.35. The molecule has 4 unspecified atom stereocenters. The summed E-state index contributed by atoms with van der Waals surface area (Å²) in [7, 11) is 0. The fraction of sp³-hybridized carbons (Fsp3) is 0.667. The lowest BCUT2D eigenvalue weighted by atomic mass is 10.2. The molecule has 2 aliphatic heterocycles. The highest BCUT2D eigenvalue weighted by molar-refractivity contribution is 8.08. The van der Waals surface area contributed by atoms with Crippen molar-refractivity contribution in [3.63, 3.8) is 0 Å². The van der Waals surface area contributed by atoms with Gasteiger partial charge in [0.2, 0.25) is 0 Å². The lowest BCUT2D eigenvalue weighted by molar-refractivity contribution is 0.398. The van der Waals surface area contributed by atoms with Crippen molar-refractivity contribution < 1.29 is 13.1 Å². The van der Waals surface area contributed by atoms with E-state index >= 15 is 0 Å². The molecule has 0 aliphatic carbocycles. The average molecular weight is 274 g/mol. The molecule has 2 saturated heterocycles. The van der Waals surface area contributed by atoms with Crippen molar-refractivity contribution in [3.05, 3.63) is 25.3 Å². The summed E-state index contributed by atoms with van der Waals surface area (Å²) in [6.45, 7) is 9.21. The van der Waals surface area contributed by atoms with Crippen LogP contribution in [0.2, 0.25) is 0 Å². The van der Waals surface area contributed by atoms with Crippen molar-refractivity contribution in [2.75, 3.05) is 13.2 Å². The van der Waals surface area contributed by atoms with Gasteiger partial charge in [-0.15, -0.1) is 13.2 Å². The summed E-state index contributed by atoms with van der Waals surface area (Å²) < 4.78 is 16.2. The normalized spacial score (nSPS) is 29.4. The van der Waals surface area contributed by atoms with Gasteiger partial charge in [0.05, 0.1) is 35.9 Å². The fourth-order valence-corrected chi connectivity index (χ4v) is 3.48. The Morgan fingerprint density at radius 1 is 1.06 bits per heavy atom. The van der Waals surface area contributed by atoms with Gasteiger partial charge < -0.3 is 9.47 Å². The van der Waals surface area contributed by atoms with Crippen molar-refractivity contribution >= 4 is 24.1 Å². The molecule has 2 heterocycles. The summed E-state index contributed by atoms with van der Waals surface area (Å²) >= 11 is 2.99. The number of epoxide rings is 2.